The lowest BCUT2D eigenvalue weighted by molar-refractivity contribution is 0.102. The molecule has 0 aliphatic heterocycles. The van der Waals surface area contributed by atoms with Gasteiger partial charge < -0.3 is 9.72 Å². The monoisotopic (exact) mass is 355 g/mol. The highest BCUT2D eigenvalue weighted by atomic mass is 32.1. The Morgan fingerprint density at radius 1 is 1.24 bits per heavy atom. The number of hydrogen-bond acceptors (Lipinski definition) is 6. The van der Waals surface area contributed by atoms with E-state index in [1.165, 1.54) is 17.7 Å². The molecule has 0 saturated carbocycles. The van der Waals surface area contributed by atoms with Gasteiger partial charge in [0.1, 0.15) is 29.1 Å². The molecule has 0 radical (unpaired) electrons. The molecule has 0 aliphatic carbocycles. The van der Waals surface area contributed by atoms with Gasteiger partial charge in [-0.15, -0.1) is 11.3 Å². The van der Waals surface area contributed by atoms with E-state index in [0.29, 0.717) is 22.1 Å². The fourth-order valence-electron chi connectivity index (χ4n) is 2.43. The number of aromatic amines is 1. The zero-order valence-electron chi connectivity index (χ0n) is 13.2. The summed E-state index contributed by atoms with van der Waals surface area (Å²) in [6.45, 7) is 0. The fraction of sp³-hybridized carbons (Fsp3) is 0.0588. The second-order valence-electron chi connectivity index (χ2n) is 5.18. The summed E-state index contributed by atoms with van der Waals surface area (Å²) < 4.78 is 5.09. The van der Waals surface area contributed by atoms with E-state index in [-0.39, 0.29) is 8.76 Å². The first-order valence-corrected chi connectivity index (χ1v) is 8.32. The molecule has 3 aromatic heterocycles. The lowest BCUT2D eigenvalue weighted by atomic mass is 10.2. The van der Waals surface area contributed by atoms with Crippen molar-refractivity contribution in [3.63, 3.8) is 0 Å². The summed E-state index contributed by atoms with van der Waals surface area (Å²) in [5, 5.41) is 6.07. The molecule has 0 spiro atoms. The highest BCUT2D eigenvalue weighted by Gasteiger charge is 2.13. The number of carbonyl (C=O) groups excluding carboxylic acids is 1. The maximum atomic E-state index is 12.3. The smallest absolute Gasteiger partial charge is 0.257 e. The van der Waals surface area contributed by atoms with Gasteiger partial charge in [0.15, 0.2) is 5.13 Å². The van der Waals surface area contributed by atoms with Gasteiger partial charge in [-0.25, -0.2) is 15.0 Å². The number of hydrogen-bond donors (Lipinski definition) is 2. The lowest BCUT2D eigenvalue weighted by Gasteiger charge is -2.03. The van der Waals surface area contributed by atoms with Crippen LogP contribution in [-0.2, 0) is 0 Å². The van der Waals surface area contributed by atoms with Crippen LogP contribution in [0, 0.1) is 0 Å². The number of benzene rings is 1. The molecule has 7 nitrogen and oxygen atoms in total. The van der Waals surface area contributed by atoms with Crippen LogP contribution in [-0.4, -0.2) is 33.0 Å². The van der Waals surface area contributed by atoms with E-state index < -0.39 is 0 Å². The summed E-state index contributed by atoms with van der Waals surface area (Å²) in [5.74, 6) is 0.477. The number of aromatic nitrogens is 4. The predicted octanol–water partition coefficient (Wildman–Crippen LogP) is 3.83. The highest BCUT2D eigenvalue weighted by Crippen LogP contribution is 2.28. The van der Waals surface area contributed by atoms with Gasteiger partial charge in [0.2, 0.25) is 0 Å². The summed E-state index contributed by atoms with van der Waals surface area (Å²) in [5.41, 5.74) is 2.71. The normalized spacial score (nSPS) is 10.8. The van der Waals surface area contributed by atoms with Crippen molar-refractivity contribution in [1.82, 2.24) is 19.9 Å². The first kappa shape index (κ1) is 15.3. The van der Waals surface area contributed by atoms with E-state index in [1.807, 2.05) is 17.6 Å². The molecule has 0 unspecified atom stereocenters. The number of carbonyl (C=O) groups is 1. The van der Waals surface area contributed by atoms with Gasteiger partial charge in [0.05, 0.1) is 7.11 Å². The third-order valence-corrected chi connectivity index (χ3v) is 4.43. The highest BCUT2D eigenvalue weighted by molar-refractivity contribution is 7.14. The first-order valence-electron chi connectivity index (χ1n) is 7.44. The summed E-state index contributed by atoms with van der Waals surface area (Å²) in [6, 6.07) is 8.80. The maximum Gasteiger partial charge on any atom is 0.257 e. The average molecular weight is 355 g/mol. The fourth-order valence-corrected chi connectivity index (χ4v) is 3.12. The quantitative estimate of drug-likeness (QED) is 0.580. The minimum Gasteiger partial charge on any atom is -0.497 e. The minimum atomic E-state index is -0.224. The molecule has 8 heteroatoms. The molecule has 128 valence electrons. The number of nitrogens with one attached hydrogen (secondary N) is 2. The van der Waals surface area contributed by atoms with Crippen molar-refractivity contribution in [2.45, 2.75) is 0 Å². The summed E-state index contributed by atoms with van der Waals surface area (Å²) >= 11 is 1.35. The molecule has 25 heavy (non-hydrogen) atoms. The predicted molar refractivity (Wildman–Crippen MR) is 100 cm³/mol. The van der Waals surface area contributed by atoms with E-state index in [9.17, 15) is 4.79 Å². The largest absolute Gasteiger partial charge is 0.497 e. The molecule has 1 aromatic carbocycles. The van der Waals surface area contributed by atoms with Crippen LogP contribution in [0.1, 0.15) is 13.2 Å². The third kappa shape index (κ3) is 2.94. The second-order valence-corrected chi connectivity index (χ2v) is 6.04. The number of anilines is 1. The Morgan fingerprint density at radius 3 is 2.88 bits per heavy atom. The van der Waals surface area contributed by atoms with Gasteiger partial charge in [-0.1, -0.05) is 0 Å². The van der Waals surface area contributed by atoms with Crippen molar-refractivity contribution in [3.8, 4) is 17.1 Å². The molecule has 0 bridgehead atoms. The molecular weight excluding hydrogens is 338 g/mol. The third-order valence-electron chi connectivity index (χ3n) is 3.67. The Balaban J connectivity index is 0.00000131. The van der Waals surface area contributed by atoms with Crippen molar-refractivity contribution < 1.29 is 12.4 Å². The molecule has 0 aliphatic rings. The van der Waals surface area contributed by atoms with Gasteiger partial charge in [-0.2, -0.15) is 0 Å². The van der Waals surface area contributed by atoms with Crippen molar-refractivity contribution >= 4 is 33.4 Å². The zero-order valence-corrected chi connectivity index (χ0v) is 14.0. The van der Waals surface area contributed by atoms with Crippen LogP contribution in [0.2, 0.25) is 0 Å². The SMILES string of the molecule is COc1ccc(C(=O)Nc2nc(-c3ncnc4[nH]ccc34)cs2)cc1.[HH].[HH]. The standard InChI is InChI=1S/C17H13N5O2S.2H2/c1-24-11-4-2-10(3-5-11)16(23)22-17-21-13(8-25-17)14-12-6-7-18-15(12)20-9-19-14;;/h2-9H,1H3,(H,18,19,20)(H,21,22,23);2*1H. The molecule has 0 atom stereocenters. The van der Waals surface area contributed by atoms with Crippen LogP contribution in [0.4, 0.5) is 5.13 Å². The van der Waals surface area contributed by atoms with E-state index in [1.54, 1.807) is 31.4 Å². The maximum absolute atomic E-state index is 12.3. The molecule has 4 aromatic rings. The Bertz CT molecular complexity index is 1050. The lowest BCUT2D eigenvalue weighted by Crippen LogP contribution is -2.11. The number of ether oxygens (including phenoxy) is 1. The van der Waals surface area contributed by atoms with E-state index in [4.69, 9.17) is 4.74 Å². The van der Waals surface area contributed by atoms with Crippen molar-refractivity contribution in [1.29, 1.82) is 0 Å². The van der Waals surface area contributed by atoms with Gasteiger partial charge in [-0.05, 0) is 30.3 Å². The Labute approximate surface area is 149 Å². The van der Waals surface area contributed by atoms with Gasteiger partial charge in [0.25, 0.3) is 5.91 Å². The number of fused-ring (bicyclic) bond motifs is 1. The number of H-pyrrole nitrogens is 1. The van der Waals surface area contributed by atoms with Crippen molar-refractivity contribution in [2.75, 3.05) is 12.4 Å². The van der Waals surface area contributed by atoms with Crippen LogP contribution in [0.5, 0.6) is 5.75 Å². The Kier molecular flexibility index (Phi) is 3.87. The number of methoxy groups -OCH3 is 1. The summed E-state index contributed by atoms with van der Waals surface area (Å²) in [4.78, 5) is 28.3. The Hall–Kier alpha value is -3.26. The average Bonchev–Trinajstić information content (AvgIpc) is 3.30. The second kappa shape index (κ2) is 6.33. The number of amides is 1. The van der Waals surface area contributed by atoms with E-state index in [0.717, 1.165) is 16.7 Å². The van der Waals surface area contributed by atoms with Gasteiger partial charge in [0, 0.05) is 25.4 Å². The molecule has 4 rings (SSSR count). The summed E-state index contributed by atoms with van der Waals surface area (Å²) in [7, 11) is 1.58. The molecule has 1 amide bonds. The van der Waals surface area contributed by atoms with Crippen LogP contribution < -0.4 is 10.1 Å². The number of thiazole rings is 1. The molecule has 0 fully saturated rings. The Morgan fingerprint density at radius 2 is 2.08 bits per heavy atom. The van der Waals surface area contributed by atoms with E-state index in [2.05, 4.69) is 25.3 Å². The number of rotatable bonds is 4. The van der Waals surface area contributed by atoms with Crippen LogP contribution >= 0.6 is 11.3 Å². The molecule has 2 N–H and O–H groups in total. The first-order chi connectivity index (χ1) is 12.2. The minimum absolute atomic E-state index is 0. The number of nitrogens with zero attached hydrogens (tertiary/aromatic N) is 3. The zero-order chi connectivity index (χ0) is 17.2. The van der Waals surface area contributed by atoms with Gasteiger partial charge in [-0.3, -0.25) is 10.1 Å². The molecular formula is C17H17N5O2S. The molecule has 3 heterocycles. The molecule has 0 saturated heterocycles. The van der Waals surface area contributed by atoms with Crippen LogP contribution in [0.15, 0.2) is 48.2 Å². The van der Waals surface area contributed by atoms with Crippen molar-refractivity contribution in [3.05, 3.63) is 53.8 Å². The van der Waals surface area contributed by atoms with Crippen molar-refractivity contribution in [2.24, 2.45) is 0 Å². The van der Waals surface area contributed by atoms with Crippen LogP contribution in [0.3, 0.4) is 0 Å². The van der Waals surface area contributed by atoms with Gasteiger partial charge >= 0.3 is 0 Å². The van der Waals surface area contributed by atoms with E-state index >= 15 is 0 Å². The topological polar surface area (TPSA) is 92.8 Å². The van der Waals surface area contributed by atoms with Crippen LogP contribution in [0.25, 0.3) is 22.4 Å². The summed E-state index contributed by atoms with van der Waals surface area (Å²) in [6.07, 6.45) is 3.30.